The van der Waals surface area contributed by atoms with Gasteiger partial charge in [0.2, 0.25) is 0 Å². The Hall–Kier alpha value is -3.38. The Morgan fingerprint density at radius 1 is 0.758 bits per heavy atom. The van der Waals surface area contributed by atoms with Crippen LogP contribution in [0.1, 0.15) is 79.4 Å². The van der Waals surface area contributed by atoms with E-state index in [1.54, 1.807) is 18.2 Å². The van der Waals surface area contributed by atoms with Crippen LogP contribution >= 0.6 is 0 Å². The molecule has 33 heavy (non-hydrogen) atoms. The highest BCUT2D eigenvalue weighted by Gasteiger charge is 2.13. The van der Waals surface area contributed by atoms with Crippen LogP contribution in [-0.4, -0.2) is 5.97 Å². The Labute approximate surface area is 198 Å². The van der Waals surface area contributed by atoms with Gasteiger partial charge in [-0.2, -0.15) is 5.26 Å². The Balaban J connectivity index is 1.62. The van der Waals surface area contributed by atoms with Gasteiger partial charge in [-0.25, -0.2) is 4.79 Å². The van der Waals surface area contributed by atoms with Gasteiger partial charge in [0.05, 0.1) is 11.1 Å². The lowest BCUT2D eigenvalue weighted by molar-refractivity contribution is 0.0734. The number of unbranched alkanes of at least 4 members (excludes halogenated alkanes) is 4. The molecule has 0 unspecified atom stereocenters. The highest BCUT2D eigenvalue weighted by molar-refractivity contribution is 5.92. The van der Waals surface area contributed by atoms with E-state index >= 15 is 0 Å². The van der Waals surface area contributed by atoms with Gasteiger partial charge in [-0.15, -0.1) is 0 Å². The molecule has 0 fully saturated rings. The summed E-state index contributed by atoms with van der Waals surface area (Å²) in [4.78, 5) is 12.7. The third-order valence-electron chi connectivity index (χ3n) is 5.88. The minimum atomic E-state index is -0.455. The monoisotopic (exact) mass is 439 g/mol. The number of carbonyl (C=O) groups is 1. The van der Waals surface area contributed by atoms with E-state index in [-0.39, 0.29) is 0 Å². The lowest BCUT2D eigenvalue weighted by atomic mass is 10.0. The molecule has 0 bridgehead atoms. The zero-order valence-corrected chi connectivity index (χ0v) is 19.8. The molecule has 0 saturated heterocycles. The second kappa shape index (κ2) is 12.6. The fourth-order valence-corrected chi connectivity index (χ4v) is 3.95. The Bertz CT molecular complexity index is 1080. The zero-order valence-electron chi connectivity index (χ0n) is 19.8. The van der Waals surface area contributed by atoms with E-state index < -0.39 is 5.97 Å². The maximum Gasteiger partial charge on any atom is 0.343 e. The number of aryl methyl sites for hydroxylation is 2. The van der Waals surface area contributed by atoms with E-state index in [2.05, 4.69) is 44.2 Å². The summed E-state index contributed by atoms with van der Waals surface area (Å²) in [6, 6.07) is 23.6. The SMILES string of the molecule is CCCCCCCc1ccc(OC(=O)c2ccc(-c3ccc(CCC)cc3)cc2)c(C#N)c1. The summed E-state index contributed by atoms with van der Waals surface area (Å²) in [6.07, 6.45) is 9.20. The number of hydrogen-bond donors (Lipinski definition) is 0. The predicted molar refractivity (Wildman–Crippen MR) is 134 cm³/mol. The smallest absolute Gasteiger partial charge is 0.343 e. The van der Waals surface area contributed by atoms with Gasteiger partial charge in [0, 0.05) is 0 Å². The highest BCUT2D eigenvalue weighted by Crippen LogP contribution is 2.24. The summed E-state index contributed by atoms with van der Waals surface area (Å²) >= 11 is 0. The average Bonchev–Trinajstić information content (AvgIpc) is 2.85. The van der Waals surface area contributed by atoms with Gasteiger partial charge in [0.1, 0.15) is 11.8 Å². The van der Waals surface area contributed by atoms with Gasteiger partial charge >= 0.3 is 5.97 Å². The van der Waals surface area contributed by atoms with Crippen molar-refractivity contribution in [3.8, 4) is 22.9 Å². The average molecular weight is 440 g/mol. The highest BCUT2D eigenvalue weighted by atomic mass is 16.5. The third kappa shape index (κ3) is 7.05. The molecule has 0 N–H and O–H groups in total. The second-order valence-electron chi connectivity index (χ2n) is 8.52. The molecule has 0 spiro atoms. The van der Waals surface area contributed by atoms with Gasteiger partial charge in [0.25, 0.3) is 0 Å². The lowest BCUT2D eigenvalue weighted by Crippen LogP contribution is -2.09. The van der Waals surface area contributed by atoms with Gasteiger partial charge in [-0.1, -0.05) is 88.4 Å². The maximum absolute atomic E-state index is 12.7. The van der Waals surface area contributed by atoms with Crippen LogP contribution in [0.5, 0.6) is 5.75 Å². The van der Waals surface area contributed by atoms with Crippen molar-refractivity contribution in [1.82, 2.24) is 0 Å². The Morgan fingerprint density at radius 2 is 1.39 bits per heavy atom. The number of benzene rings is 3. The number of rotatable bonds is 11. The molecule has 0 radical (unpaired) electrons. The largest absolute Gasteiger partial charge is 0.422 e. The fraction of sp³-hybridized carbons (Fsp3) is 0.333. The predicted octanol–water partition coefficient (Wildman–Crippen LogP) is 7.91. The van der Waals surface area contributed by atoms with Crippen molar-refractivity contribution in [3.63, 3.8) is 0 Å². The number of hydrogen-bond acceptors (Lipinski definition) is 3. The maximum atomic E-state index is 12.7. The Kier molecular flexibility index (Phi) is 9.27. The minimum Gasteiger partial charge on any atom is -0.422 e. The normalized spacial score (nSPS) is 10.6. The summed E-state index contributed by atoms with van der Waals surface area (Å²) in [5, 5.41) is 9.54. The molecule has 3 heteroatoms. The van der Waals surface area contributed by atoms with Crippen LogP contribution in [0, 0.1) is 11.3 Å². The lowest BCUT2D eigenvalue weighted by Gasteiger charge is -2.09. The van der Waals surface area contributed by atoms with Crippen LogP contribution < -0.4 is 4.74 Å². The molecule has 3 aromatic carbocycles. The minimum absolute atomic E-state index is 0.313. The Morgan fingerprint density at radius 3 is 2.03 bits per heavy atom. The van der Waals surface area contributed by atoms with Crippen molar-refractivity contribution in [2.24, 2.45) is 0 Å². The number of nitriles is 1. The first kappa shape index (κ1) is 24.3. The molecule has 3 rings (SSSR count). The van der Waals surface area contributed by atoms with E-state index in [1.807, 2.05) is 24.3 Å². The number of ether oxygens (including phenoxy) is 1. The zero-order chi connectivity index (χ0) is 23.5. The van der Waals surface area contributed by atoms with E-state index in [1.165, 1.54) is 31.2 Å². The summed E-state index contributed by atoms with van der Waals surface area (Å²) in [5.74, 6) is -0.142. The van der Waals surface area contributed by atoms with E-state index in [4.69, 9.17) is 4.74 Å². The van der Waals surface area contributed by atoms with Gasteiger partial charge < -0.3 is 4.74 Å². The van der Waals surface area contributed by atoms with Crippen molar-refractivity contribution in [2.75, 3.05) is 0 Å². The van der Waals surface area contributed by atoms with E-state index in [0.717, 1.165) is 42.4 Å². The molecular formula is C30H33NO2. The topological polar surface area (TPSA) is 50.1 Å². The van der Waals surface area contributed by atoms with E-state index in [0.29, 0.717) is 16.9 Å². The number of esters is 1. The summed E-state index contributed by atoms with van der Waals surface area (Å²) in [6.45, 7) is 4.38. The molecular weight excluding hydrogens is 406 g/mol. The van der Waals surface area contributed by atoms with Gasteiger partial charge in [0.15, 0.2) is 0 Å². The molecule has 0 atom stereocenters. The first-order valence-electron chi connectivity index (χ1n) is 12.1. The molecule has 3 aromatic rings. The fourth-order valence-electron chi connectivity index (χ4n) is 3.95. The molecule has 0 aliphatic heterocycles. The first-order valence-corrected chi connectivity index (χ1v) is 12.1. The molecule has 0 saturated carbocycles. The van der Waals surface area contributed by atoms with Crippen LogP contribution in [0.25, 0.3) is 11.1 Å². The number of nitrogens with zero attached hydrogens (tertiary/aromatic N) is 1. The van der Waals surface area contributed by atoms with E-state index in [9.17, 15) is 10.1 Å². The van der Waals surface area contributed by atoms with Crippen LogP contribution in [0.15, 0.2) is 66.7 Å². The van der Waals surface area contributed by atoms with Crippen molar-refractivity contribution in [1.29, 1.82) is 5.26 Å². The van der Waals surface area contributed by atoms with Crippen molar-refractivity contribution in [2.45, 2.75) is 65.2 Å². The van der Waals surface area contributed by atoms with Crippen molar-refractivity contribution < 1.29 is 9.53 Å². The molecule has 170 valence electrons. The van der Waals surface area contributed by atoms with Gasteiger partial charge in [-0.05, 0) is 65.8 Å². The van der Waals surface area contributed by atoms with Crippen LogP contribution in [-0.2, 0) is 12.8 Å². The van der Waals surface area contributed by atoms with Crippen LogP contribution in [0.4, 0.5) is 0 Å². The summed E-state index contributed by atoms with van der Waals surface area (Å²) < 4.78 is 5.56. The standard InChI is InChI=1S/C30H33NO2/c1-3-5-6-7-8-10-24-13-20-29(28(21-24)22-31)33-30(32)27-18-16-26(17-19-27)25-14-11-23(9-4-2)12-15-25/h11-21H,3-10H2,1-2H3. The molecule has 0 aromatic heterocycles. The summed E-state index contributed by atoms with van der Waals surface area (Å²) in [7, 11) is 0. The molecule has 0 aliphatic rings. The second-order valence-corrected chi connectivity index (χ2v) is 8.52. The quantitative estimate of drug-likeness (QED) is 0.173. The first-order chi connectivity index (χ1) is 16.1. The van der Waals surface area contributed by atoms with Crippen LogP contribution in [0.3, 0.4) is 0 Å². The molecule has 0 amide bonds. The summed E-state index contributed by atoms with van der Waals surface area (Å²) in [5.41, 5.74) is 5.47. The molecule has 0 heterocycles. The third-order valence-corrected chi connectivity index (χ3v) is 5.88. The number of carbonyl (C=O) groups excluding carboxylic acids is 1. The van der Waals surface area contributed by atoms with Crippen molar-refractivity contribution in [3.05, 3.63) is 89.0 Å². The van der Waals surface area contributed by atoms with Crippen LogP contribution in [0.2, 0.25) is 0 Å². The van der Waals surface area contributed by atoms with Crippen molar-refractivity contribution >= 4 is 5.97 Å². The van der Waals surface area contributed by atoms with Gasteiger partial charge in [-0.3, -0.25) is 0 Å². The molecule has 3 nitrogen and oxygen atoms in total. The molecule has 0 aliphatic carbocycles.